The van der Waals surface area contributed by atoms with Gasteiger partial charge in [-0.15, -0.1) is 0 Å². The summed E-state index contributed by atoms with van der Waals surface area (Å²) >= 11 is 0. The van der Waals surface area contributed by atoms with Gasteiger partial charge >= 0.3 is 0 Å². The van der Waals surface area contributed by atoms with Crippen molar-refractivity contribution in [2.24, 2.45) is 7.05 Å². The van der Waals surface area contributed by atoms with Crippen LogP contribution in [0.15, 0.2) is 30.7 Å². The molecule has 0 fully saturated rings. The predicted molar refractivity (Wildman–Crippen MR) is 61.3 cm³/mol. The van der Waals surface area contributed by atoms with Crippen LogP contribution in [-0.2, 0) is 13.6 Å². The Morgan fingerprint density at radius 3 is 3.06 bits per heavy atom. The lowest BCUT2D eigenvalue weighted by Gasteiger charge is -2.05. The lowest BCUT2D eigenvalue weighted by Crippen LogP contribution is -1.99. The average molecular weight is 218 g/mol. The van der Waals surface area contributed by atoms with Gasteiger partial charge in [-0.25, -0.2) is 4.98 Å². The molecule has 0 saturated heterocycles. The van der Waals surface area contributed by atoms with Crippen LogP contribution in [0.1, 0.15) is 5.56 Å². The Bertz CT molecular complexity index is 467. The van der Waals surface area contributed by atoms with Crippen molar-refractivity contribution in [2.75, 3.05) is 12.4 Å². The second kappa shape index (κ2) is 4.65. The predicted octanol–water partition coefficient (Wildman–Crippen LogP) is 1.44. The number of aromatic nitrogens is 3. The summed E-state index contributed by atoms with van der Waals surface area (Å²) in [7, 11) is 3.51. The van der Waals surface area contributed by atoms with Gasteiger partial charge in [-0.1, -0.05) is 0 Å². The van der Waals surface area contributed by atoms with Crippen LogP contribution < -0.4 is 10.1 Å². The first-order chi connectivity index (χ1) is 7.78. The Balaban J connectivity index is 1.99. The summed E-state index contributed by atoms with van der Waals surface area (Å²) in [6, 6.07) is 3.76. The highest BCUT2D eigenvalue weighted by Crippen LogP contribution is 2.14. The van der Waals surface area contributed by atoms with Crippen LogP contribution in [0.25, 0.3) is 0 Å². The van der Waals surface area contributed by atoms with Crippen LogP contribution in [0.5, 0.6) is 5.88 Å². The van der Waals surface area contributed by atoms with E-state index in [1.54, 1.807) is 18.0 Å². The molecule has 0 aliphatic heterocycles. The molecule has 84 valence electrons. The third-order valence-corrected chi connectivity index (χ3v) is 2.20. The minimum absolute atomic E-state index is 0.608. The lowest BCUT2D eigenvalue weighted by molar-refractivity contribution is 0.398. The monoisotopic (exact) mass is 218 g/mol. The van der Waals surface area contributed by atoms with E-state index >= 15 is 0 Å². The first kappa shape index (κ1) is 10.5. The molecule has 16 heavy (non-hydrogen) atoms. The van der Waals surface area contributed by atoms with Crippen molar-refractivity contribution in [3.8, 4) is 5.88 Å². The molecule has 0 aliphatic rings. The summed E-state index contributed by atoms with van der Waals surface area (Å²) in [5, 5.41) is 7.38. The second-order valence-corrected chi connectivity index (χ2v) is 3.46. The fraction of sp³-hybridized carbons (Fsp3) is 0.273. The van der Waals surface area contributed by atoms with Gasteiger partial charge < -0.3 is 10.1 Å². The molecule has 0 saturated carbocycles. The van der Waals surface area contributed by atoms with Crippen molar-refractivity contribution in [3.05, 3.63) is 36.3 Å². The van der Waals surface area contributed by atoms with E-state index in [0.717, 1.165) is 17.8 Å². The van der Waals surface area contributed by atoms with Gasteiger partial charge in [0.2, 0.25) is 5.88 Å². The molecule has 0 aliphatic carbocycles. The van der Waals surface area contributed by atoms with Gasteiger partial charge in [-0.2, -0.15) is 5.10 Å². The zero-order chi connectivity index (χ0) is 11.4. The van der Waals surface area contributed by atoms with Crippen LogP contribution in [0.4, 0.5) is 5.69 Å². The maximum atomic E-state index is 5.04. The molecule has 1 N–H and O–H groups in total. The first-order valence-corrected chi connectivity index (χ1v) is 4.99. The Morgan fingerprint density at radius 1 is 1.50 bits per heavy atom. The Morgan fingerprint density at radius 2 is 2.38 bits per heavy atom. The largest absolute Gasteiger partial charge is 0.481 e. The fourth-order valence-corrected chi connectivity index (χ4v) is 1.40. The fourth-order valence-electron chi connectivity index (χ4n) is 1.40. The topological polar surface area (TPSA) is 52.0 Å². The van der Waals surface area contributed by atoms with Gasteiger partial charge in [-0.3, -0.25) is 4.68 Å². The number of nitrogens with zero attached hydrogens (tertiary/aromatic N) is 3. The minimum atomic E-state index is 0.608. The molecule has 2 heterocycles. The summed E-state index contributed by atoms with van der Waals surface area (Å²) < 4.78 is 6.83. The summed E-state index contributed by atoms with van der Waals surface area (Å²) in [5.41, 5.74) is 2.12. The molecule has 0 amide bonds. The van der Waals surface area contributed by atoms with Crippen LogP contribution in [0.2, 0.25) is 0 Å². The van der Waals surface area contributed by atoms with E-state index < -0.39 is 0 Å². The van der Waals surface area contributed by atoms with Crippen LogP contribution in [0, 0.1) is 0 Å². The van der Waals surface area contributed by atoms with E-state index in [1.807, 2.05) is 31.6 Å². The van der Waals surface area contributed by atoms with Gasteiger partial charge in [0.05, 0.1) is 13.3 Å². The molecular weight excluding hydrogens is 204 g/mol. The number of aryl methyl sites for hydroxylation is 1. The molecule has 0 spiro atoms. The molecule has 0 radical (unpaired) electrons. The van der Waals surface area contributed by atoms with E-state index in [2.05, 4.69) is 15.4 Å². The van der Waals surface area contributed by atoms with Crippen LogP contribution in [0.3, 0.4) is 0 Å². The molecule has 2 aromatic rings. The smallest absolute Gasteiger partial charge is 0.214 e. The van der Waals surface area contributed by atoms with E-state index in [4.69, 9.17) is 4.74 Å². The SMILES string of the molecule is COc1cc(NCc2cnn(C)c2)ccn1. The number of hydrogen-bond donors (Lipinski definition) is 1. The van der Waals surface area contributed by atoms with Crippen molar-refractivity contribution in [2.45, 2.75) is 6.54 Å². The molecule has 2 rings (SSSR count). The number of ether oxygens (including phenoxy) is 1. The first-order valence-electron chi connectivity index (χ1n) is 4.99. The minimum Gasteiger partial charge on any atom is -0.481 e. The molecular formula is C11H14N4O. The number of anilines is 1. The van der Waals surface area contributed by atoms with Crippen LogP contribution in [-0.4, -0.2) is 21.9 Å². The van der Waals surface area contributed by atoms with Gasteiger partial charge in [0.1, 0.15) is 0 Å². The van der Waals surface area contributed by atoms with Crippen molar-refractivity contribution < 1.29 is 4.74 Å². The molecule has 5 heteroatoms. The standard InChI is InChI=1S/C11H14N4O/c1-15-8-9(7-14-15)6-13-10-3-4-12-11(5-10)16-2/h3-5,7-8H,6H2,1-2H3,(H,12,13). The second-order valence-electron chi connectivity index (χ2n) is 3.46. The molecule has 0 unspecified atom stereocenters. The number of pyridine rings is 1. The van der Waals surface area contributed by atoms with Crippen molar-refractivity contribution >= 4 is 5.69 Å². The summed E-state index contributed by atoms with van der Waals surface area (Å²) in [6.07, 6.45) is 5.53. The zero-order valence-electron chi connectivity index (χ0n) is 9.34. The molecule has 0 atom stereocenters. The van der Waals surface area contributed by atoms with E-state index in [1.165, 1.54) is 0 Å². The van der Waals surface area contributed by atoms with E-state index in [0.29, 0.717) is 5.88 Å². The van der Waals surface area contributed by atoms with Gasteiger partial charge in [0, 0.05) is 43.3 Å². The molecule has 0 bridgehead atoms. The summed E-state index contributed by atoms with van der Waals surface area (Å²) in [4.78, 5) is 4.04. The Hall–Kier alpha value is -2.04. The van der Waals surface area contributed by atoms with Gasteiger partial charge in [-0.05, 0) is 6.07 Å². The maximum Gasteiger partial charge on any atom is 0.214 e. The molecule has 5 nitrogen and oxygen atoms in total. The number of nitrogens with one attached hydrogen (secondary N) is 1. The van der Waals surface area contributed by atoms with Crippen molar-refractivity contribution in [3.63, 3.8) is 0 Å². The maximum absolute atomic E-state index is 5.04. The highest BCUT2D eigenvalue weighted by Gasteiger charge is 1.98. The number of hydrogen-bond acceptors (Lipinski definition) is 4. The molecule has 0 aromatic carbocycles. The van der Waals surface area contributed by atoms with Gasteiger partial charge in [0.15, 0.2) is 0 Å². The Kier molecular flexibility index (Phi) is 3.05. The Labute approximate surface area is 94.1 Å². The van der Waals surface area contributed by atoms with E-state index in [-0.39, 0.29) is 0 Å². The third kappa shape index (κ3) is 2.50. The van der Waals surface area contributed by atoms with Crippen molar-refractivity contribution in [1.82, 2.24) is 14.8 Å². The van der Waals surface area contributed by atoms with Gasteiger partial charge in [0.25, 0.3) is 0 Å². The molecule has 2 aromatic heterocycles. The van der Waals surface area contributed by atoms with E-state index in [9.17, 15) is 0 Å². The zero-order valence-corrected chi connectivity index (χ0v) is 9.34. The van der Waals surface area contributed by atoms with Crippen molar-refractivity contribution in [1.29, 1.82) is 0 Å². The number of methoxy groups -OCH3 is 1. The quantitative estimate of drug-likeness (QED) is 0.843. The number of rotatable bonds is 4. The highest BCUT2D eigenvalue weighted by molar-refractivity contribution is 5.45. The lowest BCUT2D eigenvalue weighted by atomic mass is 10.3. The van der Waals surface area contributed by atoms with Crippen LogP contribution >= 0.6 is 0 Å². The average Bonchev–Trinajstić information content (AvgIpc) is 2.73. The highest BCUT2D eigenvalue weighted by atomic mass is 16.5. The third-order valence-electron chi connectivity index (χ3n) is 2.20. The summed E-state index contributed by atoms with van der Waals surface area (Å²) in [6.45, 7) is 0.737. The summed E-state index contributed by atoms with van der Waals surface area (Å²) in [5.74, 6) is 0.608. The normalized spacial score (nSPS) is 10.1.